The molecule has 24 heavy (non-hydrogen) atoms. The van der Waals surface area contributed by atoms with E-state index in [1.165, 1.54) is 31.4 Å². The second-order valence-electron chi connectivity index (χ2n) is 5.75. The lowest BCUT2D eigenvalue weighted by molar-refractivity contribution is 0.410. The van der Waals surface area contributed by atoms with E-state index in [0.717, 1.165) is 12.8 Å². The Balaban J connectivity index is 0.00000288. The molecule has 0 aliphatic heterocycles. The molecule has 0 spiro atoms. The molecule has 1 aliphatic carbocycles. The molecule has 1 fully saturated rings. The summed E-state index contributed by atoms with van der Waals surface area (Å²) in [4.78, 5) is 4.46. The van der Waals surface area contributed by atoms with Crippen LogP contribution >= 0.6 is 35.6 Å². The largest absolute Gasteiger partial charge is 0.355 e. The molecule has 0 radical (unpaired) electrons. The fraction of sp³-hybridized carbons (Fsp3) is 0.562. The minimum absolute atomic E-state index is 0. The maximum Gasteiger partial charge on any atom is 0.191 e. The van der Waals surface area contributed by atoms with Gasteiger partial charge in [0, 0.05) is 24.7 Å². The van der Waals surface area contributed by atoms with Crippen molar-refractivity contribution in [2.75, 3.05) is 19.3 Å². The molecule has 2 rings (SSSR count). The van der Waals surface area contributed by atoms with E-state index >= 15 is 0 Å². The van der Waals surface area contributed by atoms with Gasteiger partial charge < -0.3 is 10.6 Å². The van der Waals surface area contributed by atoms with Crippen LogP contribution in [0.1, 0.15) is 32.1 Å². The van der Waals surface area contributed by atoms with E-state index in [4.69, 9.17) is 11.6 Å². The van der Waals surface area contributed by atoms with Crippen LogP contribution in [-0.2, 0) is 9.84 Å². The zero-order chi connectivity index (χ0) is 16.7. The van der Waals surface area contributed by atoms with Crippen LogP contribution in [0.4, 0.5) is 0 Å². The number of halogens is 2. The van der Waals surface area contributed by atoms with Gasteiger partial charge >= 0.3 is 0 Å². The van der Waals surface area contributed by atoms with Crippen LogP contribution in [0.2, 0.25) is 5.02 Å². The molecule has 0 atom stereocenters. The predicted octanol–water partition coefficient (Wildman–Crippen LogP) is 3.23. The number of aliphatic imine (C=N–C) groups is 1. The molecule has 1 aromatic carbocycles. The summed E-state index contributed by atoms with van der Waals surface area (Å²) in [6, 6.07) is 6.68. The Morgan fingerprint density at radius 1 is 1.21 bits per heavy atom. The number of hydrogen-bond donors (Lipinski definition) is 2. The molecule has 0 saturated heterocycles. The van der Waals surface area contributed by atoms with Crippen molar-refractivity contribution in [3.05, 3.63) is 29.3 Å². The average molecular weight is 486 g/mol. The van der Waals surface area contributed by atoms with Crippen molar-refractivity contribution < 1.29 is 8.42 Å². The Labute approximate surface area is 166 Å². The third kappa shape index (κ3) is 6.76. The van der Waals surface area contributed by atoms with Crippen molar-refractivity contribution in [1.82, 2.24) is 10.6 Å². The summed E-state index contributed by atoms with van der Waals surface area (Å²) in [5, 5.41) is 6.98. The highest BCUT2D eigenvalue weighted by Crippen LogP contribution is 2.17. The van der Waals surface area contributed by atoms with Gasteiger partial charge in [-0.3, -0.25) is 4.99 Å². The summed E-state index contributed by atoms with van der Waals surface area (Å²) in [6.07, 6.45) is 6.05. The van der Waals surface area contributed by atoms with Crippen LogP contribution in [0.5, 0.6) is 0 Å². The van der Waals surface area contributed by atoms with Crippen LogP contribution in [0, 0.1) is 0 Å². The summed E-state index contributed by atoms with van der Waals surface area (Å²) in [7, 11) is -1.62. The monoisotopic (exact) mass is 485 g/mol. The molecule has 1 aliphatic rings. The molecule has 0 bridgehead atoms. The first kappa shape index (κ1) is 21.5. The molecule has 5 nitrogen and oxygen atoms in total. The maximum atomic E-state index is 12.3. The Hall–Kier alpha value is -0.540. The Kier molecular flexibility index (Phi) is 9.36. The smallest absolute Gasteiger partial charge is 0.191 e. The van der Waals surface area contributed by atoms with Crippen LogP contribution < -0.4 is 10.6 Å². The minimum atomic E-state index is -3.32. The Morgan fingerprint density at radius 3 is 2.42 bits per heavy atom. The molecule has 8 heteroatoms. The van der Waals surface area contributed by atoms with E-state index in [1.54, 1.807) is 19.2 Å². The van der Waals surface area contributed by atoms with Crippen LogP contribution in [0.15, 0.2) is 34.2 Å². The summed E-state index contributed by atoms with van der Waals surface area (Å²) < 4.78 is 24.5. The average Bonchev–Trinajstić information content (AvgIpc) is 2.55. The first-order valence-corrected chi connectivity index (χ1v) is 10.00. The summed E-state index contributed by atoms with van der Waals surface area (Å²) >= 11 is 5.79. The van der Waals surface area contributed by atoms with Gasteiger partial charge in [-0.05, 0) is 37.1 Å². The number of hydrogen-bond acceptors (Lipinski definition) is 3. The van der Waals surface area contributed by atoms with E-state index < -0.39 is 9.84 Å². The molecule has 136 valence electrons. The SMILES string of the molecule is CN=C(NCCS(=O)(=O)c1ccc(Cl)cc1)NC1CCCCC1.I. The van der Waals surface area contributed by atoms with Crippen molar-refractivity contribution in [2.24, 2.45) is 4.99 Å². The van der Waals surface area contributed by atoms with Crippen molar-refractivity contribution in [3.63, 3.8) is 0 Å². The van der Waals surface area contributed by atoms with Gasteiger partial charge in [0.15, 0.2) is 15.8 Å². The highest BCUT2D eigenvalue weighted by atomic mass is 127. The number of benzene rings is 1. The summed E-state index contributed by atoms with van der Waals surface area (Å²) in [5.41, 5.74) is 0. The van der Waals surface area contributed by atoms with E-state index in [2.05, 4.69) is 15.6 Å². The first-order valence-electron chi connectivity index (χ1n) is 7.97. The zero-order valence-corrected chi connectivity index (χ0v) is 17.7. The fourth-order valence-corrected chi connectivity index (χ4v) is 3.98. The first-order chi connectivity index (χ1) is 11.0. The number of rotatable bonds is 5. The zero-order valence-electron chi connectivity index (χ0n) is 13.8. The molecular weight excluding hydrogens is 461 g/mol. The fourth-order valence-electron chi connectivity index (χ4n) is 2.70. The quantitative estimate of drug-likeness (QED) is 0.382. The number of guanidine groups is 1. The number of sulfone groups is 1. The van der Waals surface area contributed by atoms with Gasteiger partial charge in [-0.2, -0.15) is 0 Å². The third-order valence-corrected chi connectivity index (χ3v) is 5.99. The third-order valence-electron chi connectivity index (χ3n) is 4.01. The Morgan fingerprint density at radius 2 is 1.83 bits per heavy atom. The van der Waals surface area contributed by atoms with E-state index in [1.807, 2.05) is 0 Å². The number of nitrogens with one attached hydrogen (secondary N) is 2. The summed E-state index contributed by atoms with van der Waals surface area (Å²) in [6.45, 7) is 0.317. The lowest BCUT2D eigenvalue weighted by Gasteiger charge is -2.24. The highest BCUT2D eigenvalue weighted by molar-refractivity contribution is 14.0. The normalized spacial score (nSPS) is 16.3. The topological polar surface area (TPSA) is 70.6 Å². The molecule has 0 unspecified atom stereocenters. The van der Waals surface area contributed by atoms with Crippen molar-refractivity contribution in [1.29, 1.82) is 0 Å². The van der Waals surface area contributed by atoms with Gasteiger partial charge in [-0.15, -0.1) is 24.0 Å². The second kappa shape index (κ2) is 10.5. The van der Waals surface area contributed by atoms with Crippen LogP contribution in [0.25, 0.3) is 0 Å². The van der Waals surface area contributed by atoms with Crippen molar-refractivity contribution >= 4 is 51.4 Å². The lowest BCUT2D eigenvalue weighted by Crippen LogP contribution is -2.45. The molecule has 2 N–H and O–H groups in total. The van der Waals surface area contributed by atoms with Gasteiger partial charge in [-0.1, -0.05) is 30.9 Å². The number of nitrogens with zero attached hydrogens (tertiary/aromatic N) is 1. The van der Waals surface area contributed by atoms with Crippen molar-refractivity contribution in [3.8, 4) is 0 Å². The highest BCUT2D eigenvalue weighted by Gasteiger charge is 2.16. The van der Waals surface area contributed by atoms with Gasteiger partial charge in [0.25, 0.3) is 0 Å². The van der Waals surface area contributed by atoms with Crippen LogP contribution in [-0.4, -0.2) is 39.8 Å². The molecule has 0 heterocycles. The standard InChI is InChI=1S/C16H24ClN3O2S.HI/c1-18-16(20-14-5-3-2-4-6-14)19-11-12-23(21,22)15-9-7-13(17)8-10-15;/h7-10,14H,2-6,11-12H2,1H3,(H2,18,19,20);1H. The predicted molar refractivity (Wildman–Crippen MR) is 110 cm³/mol. The molecular formula is C16H25ClIN3O2S. The molecule has 0 amide bonds. The molecule has 1 aromatic rings. The minimum Gasteiger partial charge on any atom is -0.355 e. The second-order valence-corrected chi connectivity index (χ2v) is 8.30. The van der Waals surface area contributed by atoms with E-state index in [-0.39, 0.29) is 29.7 Å². The van der Waals surface area contributed by atoms with E-state index in [9.17, 15) is 8.42 Å². The van der Waals surface area contributed by atoms with Crippen LogP contribution in [0.3, 0.4) is 0 Å². The maximum absolute atomic E-state index is 12.3. The Bertz CT molecular complexity index is 629. The molecule has 0 aromatic heterocycles. The molecule has 1 saturated carbocycles. The van der Waals surface area contributed by atoms with Gasteiger partial charge in [-0.25, -0.2) is 8.42 Å². The van der Waals surface area contributed by atoms with E-state index in [0.29, 0.717) is 28.5 Å². The van der Waals surface area contributed by atoms with Gasteiger partial charge in [0.1, 0.15) is 0 Å². The summed E-state index contributed by atoms with van der Waals surface area (Å²) in [5.74, 6) is 0.684. The van der Waals surface area contributed by atoms with Gasteiger partial charge in [0.05, 0.1) is 10.6 Å². The van der Waals surface area contributed by atoms with Gasteiger partial charge in [0.2, 0.25) is 0 Å². The van der Waals surface area contributed by atoms with Crippen molar-refractivity contribution in [2.45, 2.75) is 43.0 Å². The lowest BCUT2D eigenvalue weighted by atomic mass is 9.96.